The summed E-state index contributed by atoms with van der Waals surface area (Å²) in [6.07, 6.45) is 3.44. The minimum atomic E-state index is 0.469. The van der Waals surface area contributed by atoms with Gasteiger partial charge in [-0.3, -0.25) is 4.98 Å². The monoisotopic (exact) mass is 228 g/mol. The molecule has 0 amide bonds. The van der Waals surface area contributed by atoms with E-state index in [4.69, 9.17) is 10.5 Å². The predicted octanol–water partition coefficient (Wildman–Crippen LogP) is 2.95. The molecule has 2 rings (SSSR count). The molecule has 3 nitrogen and oxygen atoms in total. The van der Waals surface area contributed by atoms with Crippen molar-refractivity contribution in [1.82, 2.24) is 4.98 Å². The zero-order valence-electron chi connectivity index (χ0n) is 10.1. The lowest BCUT2D eigenvalue weighted by Crippen LogP contribution is -1.97. The molecule has 2 aromatic rings. The van der Waals surface area contributed by atoms with Crippen molar-refractivity contribution in [2.75, 3.05) is 0 Å². The normalized spacial score (nSPS) is 10.3. The third kappa shape index (κ3) is 2.82. The Morgan fingerprint density at radius 3 is 2.76 bits per heavy atom. The van der Waals surface area contributed by atoms with Crippen LogP contribution in [-0.4, -0.2) is 4.98 Å². The number of ether oxygens (including phenoxy) is 1. The first-order chi connectivity index (χ1) is 8.19. The quantitative estimate of drug-likeness (QED) is 0.878. The maximum atomic E-state index is 5.81. The van der Waals surface area contributed by atoms with Crippen LogP contribution < -0.4 is 10.5 Å². The molecule has 17 heavy (non-hydrogen) atoms. The zero-order valence-corrected chi connectivity index (χ0v) is 10.1. The van der Waals surface area contributed by atoms with Crippen molar-refractivity contribution in [1.29, 1.82) is 0 Å². The van der Waals surface area contributed by atoms with Crippen LogP contribution in [0.4, 0.5) is 0 Å². The number of hydrogen-bond donors (Lipinski definition) is 1. The molecule has 0 saturated carbocycles. The van der Waals surface area contributed by atoms with Crippen molar-refractivity contribution in [2.45, 2.75) is 20.4 Å². The predicted molar refractivity (Wildman–Crippen MR) is 68.1 cm³/mol. The highest BCUT2D eigenvalue weighted by atomic mass is 16.5. The topological polar surface area (TPSA) is 48.1 Å². The van der Waals surface area contributed by atoms with Gasteiger partial charge in [-0.25, -0.2) is 0 Å². The van der Waals surface area contributed by atoms with E-state index >= 15 is 0 Å². The van der Waals surface area contributed by atoms with E-state index in [9.17, 15) is 0 Å². The van der Waals surface area contributed by atoms with Gasteiger partial charge < -0.3 is 10.5 Å². The molecule has 0 atom stereocenters. The Bertz CT molecular complexity index is 523. The van der Waals surface area contributed by atoms with Gasteiger partial charge in [0.15, 0.2) is 0 Å². The van der Waals surface area contributed by atoms with Crippen LogP contribution in [0.2, 0.25) is 0 Å². The van der Waals surface area contributed by atoms with Crippen molar-refractivity contribution in [3.05, 3.63) is 53.3 Å². The van der Waals surface area contributed by atoms with Crippen LogP contribution in [-0.2, 0) is 6.54 Å². The number of hydrogen-bond acceptors (Lipinski definition) is 3. The summed E-state index contributed by atoms with van der Waals surface area (Å²) < 4.78 is 5.81. The first-order valence-corrected chi connectivity index (χ1v) is 5.58. The second-order valence-electron chi connectivity index (χ2n) is 4.10. The molecule has 0 spiro atoms. The number of nitrogens with two attached hydrogens (primary N) is 1. The van der Waals surface area contributed by atoms with Gasteiger partial charge in [0, 0.05) is 12.7 Å². The van der Waals surface area contributed by atoms with Crippen molar-refractivity contribution in [2.24, 2.45) is 5.73 Å². The van der Waals surface area contributed by atoms with E-state index in [-0.39, 0.29) is 0 Å². The molecular formula is C14H16N2O. The Balaban J connectivity index is 2.27. The third-order valence-corrected chi connectivity index (χ3v) is 2.58. The second-order valence-corrected chi connectivity index (χ2v) is 4.10. The molecule has 0 bridgehead atoms. The number of nitrogens with zero attached hydrogens (tertiary/aromatic N) is 1. The van der Waals surface area contributed by atoms with E-state index < -0.39 is 0 Å². The molecule has 1 aromatic heterocycles. The van der Waals surface area contributed by atoms with Gasteiger partial charge in [-0.15, -0.1) is 0 Å². The van der Waals surface area contributed by atoms with Crippen molar-refractivity contribution in [3.8, 4) is 11.5 Å². The van der Waals surface area contributed by atoms with Gasteiger partial charge in [0.1, 0.15) is 11.5 Å². The van der Waals surface area contributed by atoms with Gasteiger partial charge >= 0.3 is 0 Å². The lowest BCUT2D eigenvalue weighted by atomic mass is 10.1. The molecule has 0 unspecified atom stereocenters. The van der Waals surface area contributed by atoms with E-state index in [1.165, 1.54) is 5.56 Å². The Morgan fingerprint density at radius 2 is 2.00 bits per heavy atom. The molecule has 0 saturated heterocycles. The summed E-state index contributed by atoms with van der Waals surface area (Å²) in [4.78, 5) is 4.10. The summed E-state index contributed by atoms with van der Waals surface area (Å²) in [7, 11) is 0. The minimum absolute atomic E-state index is 0.469. The largest absolute Gasteiger partial charge is 0.455 e. The second kappa shape index (κ2) is 4.97. The fourth-order valence-electron chi connectivity index (χ4n) is 1.58. The SMILES string of the molecule is Cc1ccc(C)c(Oc2cncc(CN)c2)c1. The van der Waals surface area contributed by atoms with Gasteiger partial charge in [0.05, 0.1) is 6.20 Å². The molecule has 3 heteroatoms. The van der Waals surface area contributed by atoms with Gasteiger partial charge in [-0.2, -0.15) is 0 Å². The summed E-state index contributed by atoms with van der Waals surface area (Å²) in [5.74, 6) is 1.59. The van der Waals surface area contributed by atoms with E-state index in [0.717, 1.165) is 22.6 Å². The summed E-state index contributed by atoms with van der Waals surface area (Å²) in [6, 6.07) is 8.04. The third-order valence-electron chi connectivity index (χ3n) is 2.58. The van der Waals surface area contributed by atoms with E-state index in [0.29, 0.717) is 6.54 Å². The van der Waals surface area contributed by atoms with Gasteiger partial charge in [0.25, 0.3) is 0 Å². The molecule has 1 aromatic carbocycles. The molecule has 0 aliphatic carbocycles. The van der Waals surface area contributed by atoms with Gasteiger partial charge in [-0.1, -0.05) is 12.1 Å². The molecule has 0 aliphatic heterocycles. The maximum absolute atomic E-state index is 5.81. The van der Waals surface area contributed by atoms with Crippen LogP contribution >= 0.6 is 0 Å². The lowest BCUT2D eigenvalue weighted by molar-refractivity contribution is 0.475. The van der Waals surface area contributed by atoms with Crippen LogP contribution in [0.25, 0.3) is 0 Å². The summed E-state index contributed by atoms with van der Waals surface area (Å²) in [6.45, 7) is 4.53. The number of benzene rings is 1. The molecule has 88 valence electrons. The first kappa shape index (κ1) is 11.6. The molecule has 1 heterocycles. The van der Waals surface area contributed by atoms with E-state index in [2.05, 4.69) is 11.1 Å². The highest BCUT2D eigenvalue weighted by molar-refractivity contribution is 5.39. The fourth-order valence-corrected chi connectivity index (χ4v) is 1.58. The lowest BCUT2D eigenvalue weighted by Gasteiger charge is -2.09. The Kier molecular flexibility index (Phi) is 3.40. The summed E-state index contributed by atoms with van der Waals surface area (Å²) in [5.41, 5.74) is 8.82. The fraction of sp³-hybridized carbons (Fsp3) is 0.214. The minimum Gasteiger partial charge on any atom is -0.455 e. The van der Waals surface area contributed by atoms with Crippen molar-refractivity contribution in [3.63, 3.8) is 0 Å². The Hall–Kier alpha value is -1.87. The number of pyridine rings is 1. The number of aromatic nitrogens is 1. The molecule has 0 aliphatic rings. The van der Waals surface area contributed by atoms with E-state index in [1.54, 1.807) is 12.4 Å². The zero-order chi connectivity index (χ0) is 12.3. The van der Waals surface area contributed by atoms with Crippen LogP contribution in [0, 0.1) is 13.8 Å². The Morgan fingerprint density at radius 1 is 1.18 bits per heavy atom. The standard InChI is InChI=1S/C14H16N2O/c1-10-3-4-11(2)14(5-10)17-13-6-12(7-15)8-16-9-13/h3-6,8-9H,7,15H2,1-2H3. The smallest absolute Gasteiger partial charge is 0.146 e. The number of aryl methyl sites for hydroxylation is 2. The van der Waals surface area contributed by atoms with Crippen molar-refractivity contribution < 1.29 is 4.74 Å². The molecule has 2 N–H and O–H groups in total. The van der Waals surface area contributed by atoms with E-state index in [1.807, 2.05) is 32.0 Å². The molecular weight excluding hydrogens is 212 g/mol. The average Bonchev–Trinajstić information content (AvgIpc) is 2.34. The van der Waals surface area contributed by atoms with Crippen LogP contribution in [0.15, 0.2) is 36.7 Å². The first-order valence-electron chi connectivity index (χ1n) is 5.58. The van der Waals surface area contributed by atoms with Crippen LogP contribution in [0.1, 0.15) is 16.7 Å². The maximum Gasteiger partial charge on any atom is 0.146 e. The van der Waals surface area contributed by atoms with Crippen molar-refractivity contribution >= 4 is 0 Å². The molecule has 0 fully saturated rings. The molecule has 0 radical (unpaired) electrons. The van der Waals surface area contributed by atoms with Gasteiger partial charge in [0.2, 0.25) is 0 Å². The Labute approximate surface area is 101 Å². The highest BCUT2D eigenvalue weighted by Gasteiger charge is 2.02. The number of rotatable bonds is 3. The van der Waals surface area contributed by atoms with Crippen LogP contribution in [0.3, 0.4) is 0 Å². The summed E-state index contributed by atoms with van der Waals surface area (Å²) in [5, 5.41) is 0. The summed E-state index contributed by atoms with van der Waals surface area (Å²) >= 11 is 0. The van der Waals surface area contributed by atoms with Gasteiger partial charge in [-0.05, 0) is 42.7 Å². The average molecular weight is 228 g/mol. The highest BCUT2D eigenvalue weighted by Crippen LogP contribution is 2.25. The van der Waals surface area contributed by atoms with Crippen LogP contribution in [0.5, 0.6) is 11.5 Å².